The summed E-state index contributed by atoms with van der Waals surface area (Å²) in [5.74, 6) is 1.06. The number of nitrogens with two attached hydrogens (primary N) is 1. The van der Waals surface area contributed by atoms with Gasteiger partial charge in [-0.2, -0.15) is 4.98 Å². The second kappa shape index (κ2) is 4.99. The molecule has 2 heterocycles. The Hall–Kier alpha value is -1.85. The highest BCUT2D eigenvalue weighted by molar-refractivity contribution is 5.83. The molecule has 1 aromatic heterocycles. The smallest absolute Gasteiger partial charge is 0.240 e. The second-order valence-electron chi connectivity index (χ2n) is 4.02. The highest BCUT2D eigenvalue weighted by atomic mass is 16.1. The molecule has 1 aromatic rings. The third-order valence-electron chi connectivity index (χ3n) is 2.85. The fourth-order valence-corrected chi connectivity index (χ4v) is 2.09. The van der Waals surface area contributed by atoms with Crippen LogP contribution in [-0.4, -0.2) is 35.0 Å². The molecule has 0 bridgehead atoms. The number of hydrogen-bond acceptors (Lipinski definition) is 5. The van der Waals surface area contributed by atoms with Gasteiger partial charge in [-0.25, -0.2) is 4.98 Å². The van der Waals surface area contributed by atoms with Crippen LogP contribution < -0.4 is 16.0 Å². The standard InChI is InChI=1S/C11H17N5O/c1-2-13-11-14-6-5-9(15-11)16-7-3-4-8(16)10(12)17/h5-6,8H,2-4,7H2,1H3,(H2,12,17)(H,13,14,15). The third-order valence-corrected chi connectivity index (χ3v) is 2.85. The topological polar surface area (TPSA) is 84.1 Å². The molecule has 0 spiro atoms. The molecule has 6 heteroatoms. The number of nitrogens with zero attached hydrogens (tertiary/aromatic N) is 3. The van der Waals surface area contributed by atoms with Gasteiger partial charge in [0.1, 0.15) is 11.9 Å². The zero-order chi connectivity index (χ0) is 12.3. The lowest BCUT2D eigenvalue weighted by Gasteiger charge is -2.23. The van der Waals surface area contributed by atoms with Crippen molar-refractivity contribution >= 4 is 17.7 Å². The summed E-state index contributed by atoms with van der Waals surface area (Å²) in [5, 5.41) is 3.05. The highest BCUT2D eigenvalue weighted by Crippen LogP contribution is 2.23. The van der Waals surface area contributed by atoms with E-state index >= 15 is 0 Å². The fraction of sp³-hybridized carbons (Fsp3) is 0.545. The van der Waals surface area contributed by atoms with Crippen LogP contribution in [0.1, 0.15) is 19.8 Å². The van der Waals surface area contributed by atoms with E-state index in [9.17, 15) is 4.79 Å². The summed E-state index contributed by atoms with van der Waals surface area (Å²) in [6, 6.07) is 1.57. The summed E-state index contributed by atoms with van der Waals surface area (Å²) in [6.07, 6.45) is 3.46. The van der Waals surface area contributed by atoms with E-state index in [-0.39, 0.29) is 11.9 Å². The summed E-state index contributed by atoms with van der Waals surface area (Å²) in [7, 11) is 0. The van der Waals surface area contributed by atoms with Crippen molar-refractivity contribution in [1.29, 1.82) is 0 Å². The lowest BCUT2D eigenvalue weighted by molar-refractivity contribution is -0.119. The average molecular weight is 235 g/mol. The number of rotatable bonds is 4. The van der Waals surface area contributed by atoms with E-state index in [0.29, 0.717) is 5.95 Å². The zero-order valence-corrected chi connectivity index (χ0v) is 9.89. The summed E-state index contributed by atoms with van der Waals surface area (Å²) >= 11 is 0. The Morgan fingerprint density at radius 2 is 2.53 bits per heavy atom. The number of primary amides is 1. The zero-order valence-electron chi connectivity index (χ0n) is 9.89. The van der Waals surface area contributed by atoms with Gasteiger partial charge in [-0.05, 0) is 25.8 Å². The molecule has 1 aliphatic heterocycles. The molecule has 1 saturated heterocycles. The molecule has 6 nitrogen and oxygen atoms in total. The highest BCUT2D eigenvalue weighted by Gasteiger charge is 2.29. The number of hydrogen-bond donors (Lipinski definition) is 2. The molecule has 92 valence electrons. The van der Waals surface area contributed by atoms with Crippen LogP contribution >= 0.6 is 0 Å². The van der Waals surface area contributed by atoms with Crippen molar-refractivity contribution in [2.75, 3.05) is 23.3 Å². The molecule has 0 aliphatic carbocycles. The van der Waals surface area contributed by atoms with Crippen LogP contribution in [0.4, 0.5) is 11.8 Å². The van der Waals surface area contributed by atoms with Crippen LogP contribution in [0.2, 0.25) is 0 Å². The number of nitrogens with one attached hydrogen (secondary N) is 1. The van der Waals surface area contributed by atoms with Crippen LogP contribution in [0.3, 0.4) is 0 Å². The normalized spacial score (nSPS) is 19.4. The largest absolute Gasteiger partial charge is 0.368 e. The fourth-order valence-electron chi connectivity index (χ4n) is 2.09. The molecule has 1 amide bonds. The maximum absolute atomic E-state index is 11.3. The molecule has 1 fully saturated rings. The van der Waals surface area contributed by atoms with E-state index in [1.165, 1.54) is 0 Å². The number of amides is 1. The van der Waals surface area contributed by atoms with Gasteiger partial charge in [0.15, 0.2) is 0 Å². The second-order valence-corrected chi connectivity index (χ2v) is 4.02. The van der Waals surface area contributed by atoms with Gasteiger partial charge < -0.3 is 16.0 Å². The summed E-state index contributed by atoms with van der Waals surface area (Å²) in [6.45, 7) is 3.57. The number of carbonyl (C=O) groups is 1. The van der Waals surface area contributed by atoms with E-state index in [4.69, 9.17) is 5.73 Å². The molecule has 2 rings (SSSR count). The Labute approximate surface area is 100 Å². The minimum atomic E-state index is -0.286. The van der Waals surface area contributed by atoms with Crippen LogP contribution in [-0.2, 0) is 4.79 Å². The molecule has 1 aliphatic rings. The molecule has 0 saturated carbocycles. The Morgan fingerprint density at radius 3 is 3.24 bits per heavy atom. The van der Waals surface area contributed by atoms with Crippen molar-refractivity contribution in [2.45, 2.75) is 25.8 Å². The molecule has 1 atom stereocenters. The van der Waals surface area contributed by atoms with E-state index in [1.54, 1.807) is 6.20 Å². The Kier molecular flexibility index (Phi) is 3.41. The Bertz CT molecular complexity index is 409. The summed E-state index contributed by atoms with van der Waals surface area (Å²) in [4.78, 5) is 21.7. The average Bonchev–Trinajstić information content (AvgIpc) is 2.79. The summed E-state index contributed by atoms with van der Waals surface area (Å²) in [5.41, 5.74) is 5.38. The number of carbonyl (C=O) groups excluding carboxylic acids is 1. The van der Waals surface area contributed by atoms with Crippen molar-refractivity contribution in [3.05, 3.63) is 12.3 Å². The predicted octanol–water partition coefficient (Wildman–Crippen LogP) is 0.362. The molecule has 3 N–H and O–H groups in total. The predicted molar refractivity (Wildman–Crippen MR) is 65.8 cm³/mol. The lowest BCUT2D eigenvalue weighted by atomic mass is 10.2. The third kappa shape index (κ3) is 2.46. The summed E-state index contributed by atoms with van der Waals surface area (Å²) < 4.78 is 0. The minimum Gasteiger partial charge on any atom is -0.368 e. The molecule has 1 unspecified atom stereocenters. The van der Waals surface area contributed by atoms with Gasteiger partial charge in [0, 0.05) is 19.3 Å². The van der Waals surface area contributed by atoms with Crippen LogP contribution in [0.5, 0.6) is 0 Å². The number of aromatic nitrogens is 2. The van der Waals surface area contributed by atoms with Crippen molar-refractivity contribution < 1.29 is 4.79 Å². The van der Waals surface area contributed by atoms with Gasteiger partial charge in [-0.3, -0.25) is 4.79 Å². The number of anilines is 2. The molecule has 17 heavy (non-hydrogen) atoms. The van der Waals surface area contributed by atoms with Gasteiger partial charge in [-0.1, -0.05) is 0 Å². The Balaban J connectivity index is 2.21. The van der Waals surface area contributed by atoms with Gasteiger partial charge in [0.2, 0.25) is 11.9 Å². The van der Waals surface area contributed by atoms with E-state index < -0.39 is 0 Å². The van der Waals surface area contributed by atoms with Crippen molar-refractivity contribution in [1.82, 2.24) is 9.97 Å². The van der Waals surface area contributed by atoms with Gasteiger partial charge in [0.25, 0.3) is 0 Å². The monoisotopic (exact) mass is 235 g/mol. The van der Waals surface area contributed by atoms with Crippen molar-refractivity contribution in [3.63, 3.8) is 0 Å². The minimum absolute atomic E-state index is 0.237. The van der Waals surface area contributed by atoms with E-state index in [2.05, 4.69) is 15.3 Å². The first-order chi connectivity index (χ1) is 8.22. The lowest BCUT2D eigenvalue weighted by Crippen LogP contribution is -2.40. The van der Waals surface area contributed by atoms with Crippen molar-refractivity contribution in [3.8, 4) is 0 Å². The van der Waals surface area contributed by atoms with Crippen LogP contribution in [0, 0.1) is 0 Å². The maximum atomic E-state index is 11.3. The van der Waals surface area contributed by atoms with Crippen LogP contribution in [0.15, 0.2) is 12.3 Å². The van der Waals surface area contributed by atoms with Crippen LogP contribution in [0.25, 0.3) is 0 Å². The Morgan fingerprint density at radius 1 is 1.71 bits per heavy atom. The quantitative estimate of drug-likeness (QED) is 0.787. The van der Waals surface area contributed by atoms with Gasteiger partial charge in [-0.15, -0.1) is 0 Å². The molecule has 0 aromatic carbocycles. The van der Waals surface area contributed by atoms with Gasteiger partial charge in [0.05, 0.1) is 0 Å². The van der Waals surface area contributed by atoms with Crippen molar-refractivity contribution in [2.24, 2.45) is 5.73 Å². The molecular formula is C11H17N5O. The first-order valence-electron chi connectivity index (χ1n) is 5.85. The van der Waals surface area contributed by atoms with Gasteiger partial charge >= 0.3 is 0 Å². The van der Waals surface area contributed by atoms with E-state index in [0.717, 1.165) is 31.7 Å². The van der Waals surface area contributed by atoms with E-state index in [1.807, 2.05) is 17.9 Å². The first-order valence-corrected chi connectivity index (χ1v) is 5.85. The molecular weight excluding hydrogens is 218 g/mol. The SMILES string of the molecule is CCNc1nccc(N2CCCC2C(N)=O)n1. The maximum Gasteiger partial charge on any atom is 0.240 e. The first kappa shape index (κ1) is 11.6. The molecule has 0 radical (unpaired) electrons.